The van der Waals surface area contributed by atoms with Crippen molar-refractivity contribution in [1.82, 2.24) is 4.90 Å². The molecule has 5 N–H and O–H groups in total. The fraction of sp³-hybridized carbons (Fsp3) is 0.400. The largest absolute Gasteiger partial charge is 0.497 e. The first-order valence-corrected chi connectivity index (χ1v) is 18.9. The molecule has 0 saturated carbocycles. The topological polar surface area (TPSA) is 143 Å². The Balaban J connectivity index is 1.38. The number of carbonyl (C=O) groups is 3. The van der Waals surface area contributed by atoms with E-state index in [1.807, 2.05) is 25.1 Å². The number of nitrogens with two attached hydrogens (primary N) is 1. The molecule has 11 heteroatoms. The monoisotopic (exact) mass is 642 g/mol. The second-order valence-corrected chi connectivity index (χ2v) is 17.9. The Hall–Kier alpha value is -4.19. The smallest absolute Gasteiger partial charge is 0.261 e. The molecule has 3 heterocycles. The first-order chi connectivity index (χ1) is 22.0. The van der Waals surface area contributed by atoms with Gasteiger partial charge in [0.25, 0.3) is 11.8 Å². The van der Waals surface area contributed by atoms with Gasteiger partial charge in [-0.15, -0.1) is 0 Å². The number of hydrogen-bond acceptors (Lipinski definition) is 7. The van der Waals surface area contributed by atoms with E-state index < -0.39 is 19.8 Å². The van der Waals surface area contributed by atoms with E-state index in [1.165, 1.54) is 5.19 Å². The normalized spacial score (nSPS) is 25.4. The van der Waals surface area contributed by atoms with Crippen molar-refractivity contribution in [3.05, 3.63) is 77.9 Å². The fourth-order valence-corrected chi connectivity index (χ4v) is 11.9. The Morgan fingerprint density at radius 1 is 1.13 bits per heavy atom. The molecule has 3 aromatic rings. The molecular formula is C35H42N4O6Si. The molecular weight excluding hydrogens is 600 g/mol. The minimum atomic E-state index is -2.43. The van der Waals surface area contributed by atoms with Gasteiger partial charge in [-0.1, -0.05) is 37.3 Å². The maximum absolute atomic E-state index is 14.1. The summed E-state index contributed by atoms with van der Waals surface area (Å²) >= 11 is 0. The van der Waals surface area contributed by atoms with Gasteiger partial charge >= 0.3 is 0 Å². The van der Waals surface area contributed by atoms with E-state index in [9.17, 15) is 19.5 Å². The molecule has 2 saturated heterocycles. The van der Waals surface area contributed by atoms with Crippen molar-refractivity contribution in [3.8, 4) is 5.75 Å². The molecule has 5 atom stereocenters. The van der Waals surface area contributed by atoms with E-state index in [1.54, 1.807) is 48.4 Å². The predicted molar refractivity (Wildman–Crippen MR) is 180 cm³/mol. The average molecular weight is 643 g/mol. The summed E-state index contributed by atoms with van der Waals surface area (Å²) in [5.74, 6) is -0.186. The lowest BCUT2D eigenvalue weighted by atomic mass is 9.82. The zero-order valence-corrected chi connectivity index (χ0v) is 27.7. The molecule has 3 aliphatic rings. The summed E-state index contributed by atoms with van der Waals surface area (Å²) < 4.78 is 12.4. The van der Waals surface area contributed by atoms with Crippen molar-refractivity contribution in [2.45, 2.75) is 62.6 Å². The summed E-state index contributed by atoms with van der Waals surface area (Å²) in [6.45, 7) is 7.10. The molecule has 0 aliphatic carbocycles. The van der Waals surface area contributed by atoms with Crippen LogP contribution in [0.25, 0.3) is 0 Å². The Kier molecular flexibility index (Phi) is 8.43. The van der Waals surface area contributed by atoms with Crippen molar-refractivity contribution < 1.29 is 29.0 Å². The van der Waals surface area contributed by atoms with Crippen LogP contribution in [-0.4, -0.2) is 68.2 Å². The van der Waals surface area contributed by atoms with Gasteiger partial charge in [0, 0.05) is 40.7 Å². The molecule has 6 rings (SSSR count). The maximum atomic E-state index is 14.1. The van der Waals surface area contributed by atoms with E-state index in [-0.39, 0.29) is 48.3 Å². The summed E-state index contributed by atoms with van der Waals surface area (Å²) in [6.07, 6.45) is 1.18. The number of carbonyl (C=O) groups excluding carboxylic acids is 3. The van der Waals surface area contributed by atoms with Crippen LogP contribution in [0.15, 0.2) is 66.7 Å². The van der Waals surface area contributed by atoms with Crippen molar-refractivity contribution in [1.29, 1.82) is 0 Å². The number of rotatable bonds is 8. The number of ether oxygens (including phenoxy) is 2. The van der Waals surface area contributed by atoms with Crippen molar-refractivity contribution >= 4 is 48.0 Å². The Morgan fingerprint density at radius 3 is 2.52 bits per heavy atom. The zero-order valence-electron chi connectivity index (χ0n) is 26.7. The predicted octanol–water partition coefficient (Wildman–Crippen LogP) is 4.07. The number of benzene rings is 3. The fourth-order valence-electron chi connectivity index (χ4n) is 7.89. The molecule has 242 valence electrons. The Morgan fingerprint density at radius 2 is 1.85 bits per heavy atom. The third-order valence-electron chi connectivity index (χ3n) is 10.3. The van der Waals surface area contributed by atoms with Crippen LogP contribution in [0.4, 0.5) is 17.1 Å². The van der Waals surface area contributed by atoms with Crippen LogP contribution in [0, 0.1) is 5.92 Å². The van der Waals surface area contributed by atoms with Gasteiger partial charge in [0.05, 0.1) is 40.4 Å². The van der Waals surface area contributed by atoms with E-state index in [4.69, 9.17) is 15.2 Å². The summed E-state index contributed by atoms with van der Waals surface area (Å²) in [5, 5.41) is 17.1. The van der Waals surface area contributed by atoms with Gasteiger partial charge in [-0.25, -0.2) is 0 Å². The molecule has 0 radical (unpaired) electrons. The van der Waals surface area contributed by atoms with Crippen LogP contribution in [-0.2, 0) is 19.9 Å². The van der Waals surface area contributed by atoms with Gasteiger partial charge in [0.1, 0.15) is 5.75 Å². The standard InChI is InChI=1S/C35H42N4O6Si/c1-21-32(46(3,4)27-14-12-26(44-2)13-15-27)30(19-31(41)39-17-5-6-25(39)20-40)45-35(21)28-18-24(11-16-29(28)38-34(35)43)37-33(42)22-7-9-23(36)10-8-22/h7-16,18,21,25,30,32,40H,5-6,17,19-20,36H2,1-4H3,(H,37,42)(H,38,43)/t21-,25-,30+,32-,35+/m0/s1. The number of amides is 3. The highest BCUT2D eigenvalue weighted by Gasteiger charge is 2.65. The number of aliphatic hydroxyl groups is 1. The number of nitrogen functional groups attached to an aromatic ring is 1. The number of methoxy groups -OCH3 is 1. The highest BCUT2D eigenvalue weighted by molar-refractivity contribution is 6.91. The van der Waals surface area contributed by atoms with Crippen molar-refractivity contribution in [2.75, 3.05) is 36.6 Å². The lowest BCUT2D eigenvalue weighted by Gasteiger charge is -2.37. The minimum absolute atomic E-state index is 0.0709. The lowest BCUT2D eigenvalue weighted by molar-refractivity contribution is -0.148. The molecule has 2 fully saturated rings. The Bertz CT molecular complexity index is 1650. The number of likely N-dealkylation sites (tertiary alicyclic amines) is 1. The quantitative estimate of drug-likeness (QED) is 0.214. The highest BCUT2D eigenvalue weighted by atomic mass is 28.3. The van der Waals surface area contributed by atoms with Gasteiger partial charge < -0.3 is 35.8 Å². The van der Waals surface area contributed by atoms with Crippen LogP contribution in [0.1, 0.15) is 42.1 Å². The minimum Gasteiger partial charge on any atom is -0.497 e. The average Bonchev–Trinajstić information content (AvgIpc) is 3.72. The zero-order chi connectivity index (χ0) is 32.8. The molecule has 3 aromatic carbocycles. The second-order valence-electron chi connectivity index (χ2n) is 13.2. The van der Waals surface area contributed by atoms with Crippen molar-refractivity contribution in [2.24, 2.45) is 5.92 Å². The SMILES string of the molecule is COc1ccc([Si](C)(C)[C@@H]2[C@@H](CC(=O)N3CCC[C@H]3CO)O[C@]3(C(=O)Nc4ccc(NC(=O)c5ccc(N)cc5)cc43)[C@H]2C)cc1. The van der Waals surface area contributed by atoms with E-state index >= 15 is 0 Å². The summed E-state index contributed by atoms with van der Waals surface area (Å²) in [6, 6.07) is 19.9. The van der Waals surface area contributed by atoms with Crippen LogP contribution in [0.3, 0.4) is 0 Å². The third-order valence-corrected chi connectivity index (χ3v) is 14.7. The second kappa shape index (κ2) is 12.2. The number of fused-ring (bicyclic) bond motifs is 2. The number of aliphatic hydroxyl groups excluding tert-OH is 1. The van der Waals surface area contributed by atoms with Gasteiger partial charge in [-0.2, -0.15) is 0 Å². The first-order valence-electron chi connectivity index (χ1n) is 15.8. The van der Waals surface area contributed by atoms with Gasteiger partial charge in [0.15, 0.2) is 5.60 Å². The summed E-state index contributed by atoms with van der Waals surface area (Å²) in [5.41, 5.74) is 7.13. The van der Waals surface area contributed by atoms with Gasteiger partial charge in [0.2, 0.25) is 5.91 Å². The molecule has 10 nitrogen and oxygen atoms in total. The van der Waals surface area contributed by atoms with E-state index in [0.29, 0.717) is 34.7 Å². The molecule has 0 bridgehead atoms. The van der Waals surface area contributed by atoms with Gasteiger partial charge in [-0.05, 0) is 73.0 Å². The number of nitrogens with zero attached hydrogens (tertiary/aromatic N) is 1. The number of anilines is 3. The van der Waals surface area contributed by atoms with Crippen LogP contribution < -0.4 is 26.3 Å². The van der Waals surface area contributed by atoms with Crippen LogP contribution in [0.5, 0.6) is 5.75 Å². The van der Waals surface area contributed by atoms with Crippen LogP contribution in [0.2, 0.25) is 18.6 Å². The van der Waals surface area contributed by atoms with Gasteiger partial charge in [-0.3, -0.25) is 14.4 Å². The molecule has 0 unspecified atom stereocenters. The number of hydrogen-bond donors (Lipinski definition) is 4. The molecule has 1 spiro atoms. The Labute approximate surface area is 270 Å². The van der Waals surface area contributed by atoms with E-state index in [2.05, 4.69) is 35.9 Å². The summed E-state index contributed by atoms with van der Waals surface area (Å²) in [4.78, 5) is 42.7. The van der Waals surface area contributed by atoms with E-state index in [0.717, 1.165) is 18.6 Å². The number of nitrogens with one attached hydrogen (secondary N) is 2. The lowest BCUT2D eigenvalue weighted by Crippen LogP contribution is -2.52. The highest BCUT2D eigenvalue weighted by Crippen LogP contribution is 2.59. The third kappa shape index (κ3) is 5.35. The summed E-state index contributed by atoms with van der Waals surface area (Å²) in [7, 11) is -0.798. The maximum Gasteiger partial charge on any atom is 0.261 e. The van der Waals surface area contributed by atoms with Crippen LogP contribution >= 0.6 is 0 Å². The van der Waals surface area contributed by atoms with Crippen molar-refractivity contribution in [3.63, 3.8) is 0 Å². The molecule has 3 amide bonds. The molecule has 0 aromatic heterocycles. The molecule has 46 heavy (non-hydrogen) atoms. The molecule has 3 aliphatic heterocycles. The first kappa shape index (κ1) is 31.8.